The second kappa shape index (κ2) is 8.94. The first-order valence-electron chi connectivity index (χ1n) is 7.56. The van der Waals surface area contributed by atoms with E-state index in [0.29, 0.717) is 24.0 Å². The van der Waals surface area contributed by atoms with Crippen LogP contribution in [0.4, 0.5) is 0 Å². The average molecular weight is 389 g/mol. The van der Waals surface area contributed by atoms with Gasteiger partial charge in [0.2, 0.25) is 0 Å². The quantitative estimate of drug-likeness (QED) is 0.826. The first-order valence-corrected chi connectivity index (χ1v) is 9.92. The lowest BCUT2D eigenvalue weighted by Crippen LogP contribution is -2.43. The van der Waals surface area contributed by atoms with Gasteiger partial charge in [-0.1, -0.05) is 36.4 Å². The average Bonchev–Trinajstić information content (AvgIpc) is 3.11. The lowest BCUT2D eigenvalue weighted by molar-refractivity contribution is 0.0345. The predicted octanol–water partition coefficient (Wildman–Crippen LogP) is 2.52. The fraction of sp³-hybridized carbons (Fsp3) is 0.375. The van der Waals surface area contributed by atoms with Gasteiger partial charge in [0.25, 0.3) is 10.0 Å². The molecule has 0 bridgehead atoms. The lowest BCUT2D eigenvalue weighted by Gasteiger charge is -2.30. The van der Waals surface area contributed by atoms with E-state index in [2.05, 4.69) is 9.62 Å². The highest BCUT2D eigenvalue weighted by atomic mass is 35.5. The van der Waals surface area contributed by atoms with Crippen molar-refractivity contribution in [3.05, 3.63) is 53.4 Å². The Kier molecular flexibility index (Phi) is 7.21. The van der Waals surface area contributed by atoms with Gasteiger partial charge in [-0.2, -0.15) is 0 Å². The van der Waals surface area contributed by atoms with Gasteiger partial charge in [-0.05, 0) is 17.0 Å². The molecule has 1 aromatic carbocycles. The van der Waals surface area contributed by atoms with Gasteiger partial charge in [-0.3, -0.25) is 4.90 Å². The number of rotatable bonds is 6. The minimum atomic E-state index is -3.50. The number of morpholine rings is 1. The molecule has 5 nitrogen and oxygen atoms in total. The van der Waals surface area contributed by atoms with Crippen LogP contribution in [0.15, 0.2) is 52.1 Å². The number of ether oxygens (including phenoxy) is 1. The number of hydrogen-bond acceptors (Lipinski definition) is 5. The van der Waals surface area contributed by atoms with Gasteiger partial charge in [-0.25, -0.2) is 13.1 Å². The summed E-state index contributed by atoms with van der Waals surface area (Å²) < 4.78 is 33.7. The zero-order valence-corrected chi connectivity index (χ0v) is 15.6. The molecule has 0 spiro atoms. The molecule has 1 fully saturated rings. The molecule has 1 atom stereocenters. The summed E-state index contributed by atoms with van der Waals surface area (Å²) in [6.07, 6.45) is 0. The molecule has 8 heteroatoms. The summed E-state index contributed by atoms with van der Waals surface area (Å²) in [6.45, 7) is 3.67. The van der Waals surface area contributed by atoms with Gasteiger partial charge in [0, 0.05) is 19.6 Å². The highest BCUT2D eigenvalue weighted by molar-refractivity contribution is 7.91. The van der Waals surface area contributed by atoms with Gasteiger partial charge >= 0.3 is 0 Å². The highest BCUT2D eigenvalue weighted by Gasteiger charge is 2.24. The van der Waals surface area contributed by atoms with E-state index in [1.54, 1.807) is 17.5 Å². The number of hydrogen-bond donors (Lipinski definition) is 1. The van der Waals surface area contributed by atoms with Crippen LogP contribution >= 0.6 is 23.7 Å². The third kappa shape index (κ3) is 5.02. The van der Waals surface area contributed by atoms with Crippen LogP contribution in [-0.2, 0) is 14.8 Å². The molecule has 0 saturated carbocycles. The summed E-state index contributed by atoms with van der Waals surface area (Å²) in [5, 5.41) is 1.77. The maximum absolute atomic E-state index is 12.6. The molecule has 1 aliphatic heterocycles. The van der Waals surface area contributed by atoms with E-state index in [0.717, 1.165) is 18.7 Å². The van der Waals surface area contributed by atoms with E-state index in [1.807, 2.05) is 30.3 Å². The Balaban J connectivity index is 0.00000208. The predicted molar refractivity (Wildman–Crippen MR) is 98.3 cm³/mol. The smallest absolute Gasteiger partial charge is 0.250 e. The molecule has 2 aromatic rings. The SMILES string of the molecule is Cl.O=S(=O)(NC(CN1CCOCC1)c1ccccc1)c1cccs1. The van der Waals surface area contributed by atoms with Crippen molar-refractivity contribution in [1.82, 2.24) is 9.62 Å². The maximum Gasteiger partial charge on any atom is 0.250 e. The van der Waals surface area contributed by atoms with Crippen molar-refractivity contribution in [3.8, 4) is 0 Å². The Hall–Kier alpha value is -0.960. The minimum Gasteiger partial charge on any atom is -0.379 e. The van der Waals surface area contributed by atoms with Crippen LogP contribution in [0.5, 0.6) is 0 Å². The third-order valence-corrected chi connectivity index (χ3v) is 6.67. The molecule has 2 heterocycles. The second-order valence-corrected chi connectivity index (χ2v) is 8.32. The van der Waals surface area contributed by atoms with Crippen molar-refractivity contribution in [3.63, 3.8) is 0 Å². The van der Waals surface area contributed by atoms with Crippen LogP contribution in [0.2, 0.25) is 0 Å². The Labute approximate surface area is 153 Å². The van der Waals surface area contributed by atoms with Gasteiger partial charge < -0.3 is 4.74 Å². The molecule has 1 unspecified atom stereocenters. The molecule has 0 aliphatic carbocycles. The topological polar surface area (TPSA) is 58.6 Å². The normalized spacial score (nSPS) is 17.2. The molecule has 132 valence electrons. The summed E-state index contributed by atoms with van der Waals surface area (Å²) in [5.41, 5.74) is 0.971. The number of benzene rings is 1. The summed E-state index contributed by atoms with van der Waals surface area (Å²) in [4.78, 5) is 2.23. The van der Waals surface area contributed by atoms with Gasteiger partial charge in [-0.15, -0.1) is 23.7 Å². The van der Waals surface area contributed by atoms with E-state index >= 15 is 0 Å². The van der Waals surface area contributed by atoms with Crippen molar-refractivity contribution < 1.29 is 13.2 Å². The van der Waals surface area contributed by atoms with Crippen LogP contribution in [-0.4, -0.2) is 46.2 Å². The molecular weight excluding hydrogens is 368 g/mol. The Bertz CT molecular complexity index is 702. The van der Waals surface area contributed by atoms with E-state index in [-0.39, 0.29) is 18.4 Å². The van der Waals surface area contributed by atoms with Crippen LogP contribution in [0.25, 0.3) is 0 Å². The minimum absolute atomic E-state index is 0. The molecule has 1 N–H and O–H groups in total. The van der Waals surface area contributed by atoms with Gasteiger partial charge in [0.15, 0.2) is 0 Å². The molecule has 24 heavy (non-hydrogen) atoms. The van der Waals surface area contributed by atoms with Crippen molar-refractivity contribution in [2.45, 2.75) is 10.3 Å². The highest BCUT2D eigenvalue weighted by Crippen LogP contribution is 2.21. The monoisotopic (exact) mass is 388 g/mol. The molecule has 1 saturated heterocycles. The first kappa shape index (κ1) is 19.4. The van der Waals surface area contributed by atoms with Crippen molar-refractivity contribution in [2.24, 2.45) is 0 Å². The Morgan fingerprint density at radius 2 is 1.83 bits per heavy atom. The maximum atomic E-state index is 12.6. The molecule has 1 aromatic heterocycles. The second-order valence-electron chi connectivity index (χ2n) is 5.43. The van der Waals surface area contributed by atoms with Crippen LogP contribution in [0.3, 0.4) is 0 Å². The zero-order valence-electron chi connectivity index (χ0n) is 13.1. The third-order valence-electron chi connectivity index (χ3n) is 3.80. The van der Waals surface area contributed by atoms with Crippen LogP contribution in [0, 0.1) is 0 Å². The van der Waals surface area contributed by atoms with E-state index < -0.39 is 10.0 Å². The van der Waals surface area contributed by atoms with Crippen molar-refractivity contribution >= 4 is 33.8 Å². The van der Waals surface area contributed by atoms with E-state index in [9.17, 15) is 8.42 Å². The summed E-state index contributed by atoms with van der Waals surface area (Å²) >= 11 is 1.23. The van der Waals surface area contributed by atoms with Crippen molar-refractivity contribution in [2.75, 3.05) is 32.8 Å². The summed E-state index contributed by atoms with van der Waals surface area (Å²) in [6, 6.07) is 12.8. The fourth-order valence-corrected chi connectivity index (χ4v) is 4.82. The fourth-order valence-electron chi connectivity index (χ4n) is 2.60. The lowest BCUT2D eigenvalue weighted by atomic mass is 10.1. The largest absolute Gasteiger partial charge is 0.379 e. The zero-order chi connectivity index (χ0) is 16.1. The number of sulfonamides is 1. The molecule has 0 amide bonds. The van der Waals surface area contributed by atoms with Gasteiger partial charge in [0.1, 0.15) is 4.21 Å². The van der Waals surface area contributed by atoms with E-state index in [4.69, 9.17) is 4.74 Å². The van der Waals surface area contributed by atoms with Gasteiger partial charge in [0.05, 0.1) is 19.3 Å². The molecule has 3 rings (SSSR count). The summed E-state index contributed by atoms with van der Waals surface area (Å²) in [7, 11) is -3.50. The Morgan fingerprint density at radius 3 is 2.46 bits per heavy atom. The number of thiophene rings is 1. The van der Waals surface area contributed by atoms with E-state index in [1.165, 1.54) is 11.3 Å². The summed E-state index contributed by atoms with van der Waals surface area (Å²) in [5.74, 6) is 0. The number of nitrogens with one attached hydrogen (secondary N) is 1. The van der Waals surface area contributed by atoms with Crippen LogP contribution in [0.1, 0.15) is 11.6 Å². The molecular formula is C16H21ClN2O3S2. The van der Waals surface area contributed by atoms with Crippen LogP contribution < -0.4 is 4.72 Å². The standard InChI is InChI=1S/C16H20N2O3S2.ClH/c19-23(20,16-7-4-12-22-16)17-15(14-5-2-1-3-6-14)13-18-8-10-21-11-9-18;/h1-7,12,15,17H,8-11,13H2;1H. The number of halogens is 1. The molecule has 0 radical (unpaired) electrons. The molecule has 1 aliphatic rings. The number of nitrogens with zero attached hydrogens (tertiary/aromatic N) is 1. The Morgan fingerprint density at radius 1 is 1.12 bits per heavy atom. The van der Waals surface area contributed by atoms with Crippen molar-refractivity contribution in [1.29, 1.82) is 0 Å². The first-order chi connectivity index (χ1) is 11.1.